The minimum absolute atomic E-state index is 0.0509. The highest BCUT2D eigenvalue weighted by Gasteiger charge is 2.33. The van der Waals surface area contributed by atoms with Gasteiger partial charge >= 0.3 is 6.18 Å². The van der Waals surface area contributed by atoms with E-state index in [2.05, 4.69) is 10.1 Å². The maximum absolute atomic E-state index is 12.9. The van der Waals surface area contributed by atoms with Crippen LogP contribution in [0.25, 0.3) is 0 Å². The summed E-state index contributed by atoms with van der Waals surface area (Å²) < 4.78 is 39.9. The predicted octanol–water partition coefficient (Wildman–Crippen LogP) is 3.62. The molecule has 1 atom stereocenters. The summed E-state index contributed by atoms with van der Waals surface area (Å²) in [5, 5.41) is 4.22. The number of nitrogens with zero attached hydrogens (tertiary/aromatic N) is 4. The van der Waals surface area contributed by atoms with Gasteiger partial charge in [-0.05, 0) is 28.8 Å². The molecule has 0 saturated carbocycles. The summed E-state index contributed by atoms with van der Waals surface area (Å²) in [6.07, 6.45) is 0.145. The lowest BCUT2D eigenvalue weighted by atomic mass is 9.86. The Bertz CT molecular complexity index is 1010. The zero-order chi connectivity index (χ0) is 19.9. The molecule has 0 unspecified atom stereocenters. The summed E-state index contributed by atoms with van der Waals surface area (Å²) in [6, 6.07) is 9.88. The van der Waals surface area contributed by atoms with Crippen molar-refractivity contribution in [3.63, 3.8) is 0 Å². The maximum Gasteiger partial charge on any atom is 0.433 e. The molecule has 3 heterocycles. The van der Waals surface area contributed by atoms with E-state index in [4.69, 9.17) is 0 Å². The molecule has 0 N–H and O–H groups in total. The van der Waals surface area contributed by atoms with Crippen molar-refractivity contribution in [2.45, 2.75) is 18.6 Å². The normalized spacial score (nSPS) is 16.7. The minimum atomic E-state index is -4.53. The van der Waals surface area contributed by atoms with Gasteiger partial charge in [0.05, 0.1) is 11.8 Å². The van der Waals surface area contributed by atoms with Crippen molar-refractivity contribution >= 4 is 5.91 Å². The third-order valence-electron chi connectivity index (χ3n) is 4.91. The second kappa shape index (κ2) is 6.78. The van der Waals surface area contributed by atoms with Gasteiger partial charge in [-0.1, -0.05) is 24.3 Å². The maximum atomic E-state index is 12.9. The molecule has 1 aliphatic rings. The van der Waals surface area contributed by atoms with Gasteiger partial charge < -0.3 is 4.90 Å². The Morgan fingerprint density at radius 1 is 1.14 bits per heavy atom. The van der Waals surface area contributed by atoms with Crippen molar-refractivity contribution in [2.24, 2.45) is 7.05 Å². The van der Waals surface area contributed by atoms with E-state index in [1.807, 2.05) is 37.5 Å². The zero-order valence-electron chi connectivity index (χ0n) is 15.0. The van der Waals surface area contributed by atoms with Crippen molar-refractivity contribution in [1.29, 1.82) is 0 Å². The molecule has 28 heavy (non-hydrogen) atoms. The summed E-state index contributed by atoms with van der Waals surface area (Å²) in [6.45, 7) is 0.815. The summed E-state index contributed by atoms with van der Waals surface area (Å²) in [5.74, 6) is -0.394. The van der Waals surface area contributed by atoms with Crippen LogP contribution in [0.1, 0.15) is 38.7 Å². The second-order valence-corrected chi connectivity index (χ2v) is 6.81. The number of carbonyl (C=O) groups excluding carboxylic acids is 1. The molecule has 144 valence electrons. The van der Waals surface area contributed by atoms with E-state index < -0.39 is 11.9 Å². The van der Waals surface area contributed by atoms with Gasteiger partial charge in [0, 0.05) is 38.4 Å². The number of hydrogen-bond acceptors (Lipinski definition) is 3. The Morgan fingerprint density at radius 2 is 1.93 bits per heavy atom. The Labute approximate surface area is 159 Å². The highest BCUT2D eigenvalue weighted by Crippen LogP contribution is 2.34. The van der Waals surface area contributed by atoms with Gasteiger partial charge in [0.1, 0.15) is 5.69 Å². The SMILES string of the molecule is Cn1cc([C@@H]2CN(C(=O)c3ccc(C(F)(F)F)nc3)Cc3ccccc32)cn1. The molecule has 8 heteroatoms. The first-order chi connectivity index (χ1) is 13.3. The van der Waals surface area contributed by atoms with Crippen LogP contribution >= 0.6 is 0 Å². The zero-order valence-corrected chi connectivity index (χ0v) is 15.0. The van der Waals surface area contributed by atoms with Crippen LogP contribution in [-0.4, -0.2) is 32.1 Å². The van der Waals surface area contributed by atoms with Crippen molar-refractivity contribution in [3.8, 4) is 0 Å². The lowest BCUT2D eigenvalue weighted by Gasteiger charge is -2.34. The topological polar surface area (TPSA) is 51.0 Å². The molecular formula is C20H17F3N4O. The van der Waals surface area contributed by atoms with E-state index in [0.29, 0.717) is 13.1 Å². The molecule has 5 nitrogen and oxygen atoms in total. The molecule has 0 bridgehead atoms. The molecule has 0 spiro atoms. The predicted molar refractivity (Wildman–Crippen MR) is 95.5 cm³/mol. The van der Waals surface area contributed by atoms with Gasteiger partial charge in [-0.2, -0.15) is 18.3 Å². The highest BCUT2D eigenvalue weighted by molar-refractivity contribution is 5.94. The van der Waals surface area contributed by atoms with E-state index in [9.17, 15) is 18.0 Å². The first kappa shape index (κ1) is 18.2. The van der Waals surface area contributed by atoms with Crippen molar-refractivity contribution < 1.29 is 18.0 Å². The lowest BCUT2D eigenvalue weighted by Crippen LogP contribution is -2.38. The average molecular weight is 386 g/mol. The van der Waals surface area contributed by atoms with E-state index in [-0.39, 0.29) is 17.4 Å². The average Bonchev–Trinajstić information content (AvgIpc) is 3.12. The van der Waals surface area contributed by atoms with E-state index >= 15 is 0 Å². The smallest absolute Gasteiger partial charge is 0.333 e. The van der Waals surface area contributed by atoms with Gasteiger partial charge in [0.15, 0.2) is 0 Å². The molecule has 0 saturated heterocycles. The van der Waals surface area contributed by atoms with Crippen molar-refractivity contribution in [1.82, 2.24) is 19.7 Å². The van der Waals surface area contributed by atoms with Gasteiger partial charge in [-0.3, -0.25) is 14.5 Å². The molecule has 2 aromatic heterocycles. The summed E-state index contributed by atoms with van der Waals surface area (Å²) >= 11 is 0. The third kappa shape index (κ3) is 3.37. The summed E-state index contributed by atoms with van der Waals surface area (Å²) in [7, 11) is 1.83. The highest BCUT2D eigenvalue weighted by atomic mass is 19.4. The fraction of sp³-hybridized carbons (Fsp3) is 0.250. The fourth-order valence-electron chi connectivity index (χ4n) is 3.54. The largest absolute Gasteiger partial charge is 0.433 e. The second-order valence-electron chi connectivity index (χ2n) is 6.81. The number of pyridine rings is 1. The number of hydrogen-bond donors (Lipinski definition) is 0. The Morgan fingerprint density at radius 3 is 2.57 bits per heavy atom. The number of fused-ring (bicyclic) bond motifs is 1. The number of amides is 1. The first-order valence-corrected chi connectivity index (χ1v) is 8.72. The minimum Gasteiger partial charge on any atom is -0.333 e. The first-order valence-electron chi connectivity index (χ1n) is 8.72. The van der Waals surface area contributed by atoms with E-state index in [1.54, 1.807) is 15.8 Å². The van der Waals surface area contributed by atoms with Gasteiger partial charge in [0.2, 0.25) is 0 Å². The number of rotatable bonds is 2. The van der Waals surface area contributed by atoms with Crippen LogP contribution in [0.15, 0.2) is 55.0 Å². The molecule has 1 amide bonds. The number of aryl methyl sites for hydroxylation is 1. The Hall–Kier alpha value is -3.16. The molecule has 3 aromatic rings. The van der Waals surface area contributed by atoms with Crippen LogP contribution in [0.5, 0.6) is 0 Å². The monoisotopic (exact) mass is 386 g/mol. The molecule has 0 radical (unpaired) electrons. The van der Waals surface area contributed by atoms with Crippen LogP contribution in [0, 0.1) is 0 Å². The van der Waals surface area contributed by atoms with E-state index in [0.717, 1.165) is 29.0 Å². The standard InChI is InChI=1S/C20H17F3N4O/c1-26-10-15(9-25-26)17-12-27(11-14-4-2-3-5-16(14)17)19(28)13-6-7-18(24-8-13)20(21,22)23/h2-10,17H,11-12H2,1H3/t17-/m0/s1. The van der Waals surface area contributed by atoms with Gasteiger partial charge in [-0.25, -0.2) is 0 Å². The molecule has 4 rings (SSSR count). The quantitative estimate of drug-likeness (QED) is 0.676. The number of alkyl halides is 3. The fourth-order valence-corrected chi connectivity index (χ4v) is 3.54. The molecule has 1 aromatic carbocycles. The molecule has 1 aliphatic heterocycles. The van der Waals surface area contributed by atoms with Crippen LogP contribution in [0.4, 0.5) is 13.2 Å². The van der Waals surface area contributed by atoms with Gasteiger partial charge in [-0.15, -0.1) is 0 Å². The molecule has 0 aliphatic carbocycles. The van der Waals surface area contributed by atoms with Crippen LogP contribution in [0.3, 0.4) is 0 Å². The summed E-state index contributed by atoms with van der Waals surface area (Å²) in [5.41, 5.74) is 2.25. The van der Waals surface area contributed by atoms with Crippen LogP contribution in [-0.2, 0) is 19.8 Å². The van der Waals surface area contributed by atoms with Crippen LogP contribution in [0.2, 0.25) is 0 Å². The molecular weight excluding hydrogens is 369 g/mol. The number of carbonyl (C=O) groups is 1. The van der Waals surface area contributed by atoms with Crippen molar-refractivity contribution in [2.75, 3.05) is 6.54 Å². The van der Waals surface area contributed by atoms with Crippen molar-refractivity contribution in [3.05, 3.63) is 82.9 Å². The number of halogens is 3. The lowest BCUT2D eigenvalue weighted by molar-refractivity contribution is -0.141. The molecule has 0 fully saturated rings. The summed E-state index contributed by atoms with van der Waals surface area (Å²) in [4.78, 5) is 18.0. The third-order valence-corrected chi connectivity index (χ3v) is 4.91. The number of aromatic nitrogens is 3. The number of benzene rings is 1. The Balaban J connectivity index is 1.64. The van der Waals surface area contributed by atoms with Crippen LogP contribution < -0.4 is 0 Å². The van der Waals surface area contributed by atoms with E-state index in [1.165, 1.54) is 6.07 Å². The Kier molecular flexibility index (Phi) is 4.41. The van der Waals surface area contributed by atoms with Gasteiger partial charge in [0.25, 0.3) is 5.91 Å².